The van der Waals surface area contributed by atoms with Crippen molar-refractivity contribution >= 4 is 35.0 Å². The second-order valence-corrected chi connectivity index (χ2v) is 6.57. The summed E-state index contributed by atoms with van der Waals surface area (Å²) in [5, 5.41) is -0.326. The number of carbonyl (C=O) groups excluding carboxylic acids is 3. The van der Waals surface area contributed by atoms with E-state index >= 15 is 0 Å². The number of amides is 2. The molecule has 0 saturated carbocycles. The Balaban J connectivity index is 1.77. The zero-order valence-electron chi connectivity index (χ0n) is 14.6. The van der Waals surface area contributed by atoms with Gasteiger partial charge < -0.3 is 9.15 Å². The zero-order valence-corrected chi connectivity index (χ0v) is 15.5. The number of esters is 1. The highest BCUT2D eigenvalue weighted by molar-refractivity contribution is 8.18. The molecule has 0 bridgehead atoms. The fourth-order valence-electron chi connectivity index (χ4n) is 2.49. The Labute approximate surface area is 160 Å². The minimum atomic E-state index is -0.376. The molecule has 1 aromatic carbocycles. The maximum Gasteiger partial charge on any atom is 0.338 e. The Kier molecular flexibility index (Phi) is 5.61. The van der Waals surface area contributed by atoms with Crippen LogP contribution in [-0.2, 0) is 9.53 Å². The smallest absolute Gasteiger partial charge is 0.338 e. The van der Waals surface area contributed by atoms with Crippen LogP contribution in [0.3, 0.4) is 0 Å². The first-order valence-corrected chi connectivity index (χ1v) is 9.08. The Morgan fingerprint density at radius 3 is 2.63 bits per heavy atom. The second-order valence-electron chi connectivity index (χ2n) is 5.58. The van der Waals surface area contributed by atoms with Crippen molar-refractivity contribution in [2.75, 3.05) is 13.2 Å². The van der Waals surface area contributed by atoms with Crippen LogP contribution in [0.4, 0.5) is 4.79 Å². The molecule has 0 unspecified atom stereocenters. The highest BCUT2D eigenvalue weighted by Gasteiger charge is 2.34. The number of furan rings is 1. The number of thioether (sulfide) groups is 1. The molecule has 2 amide bonds. The number of nitrogens with zero attached hydrogens (tertiary/aromatic N) is 1. The minimum Gasteiger partial charge on any atom is -0.462 e. The summed E-state index contributed by atoms with van der Waals surface area (Å²) in [5.74, 6) is 0.312. The van der Waals surface area contributed by atoms with Gasteiger partial charge in [0.15, 0.2) is 0 Å². The summed E-state index contributed by atoms with van der Waals surface area (Å²) in [6.07, 6.45) is 3.05. The van der Waals surface area contributed by atoms with Gasteiger partial charge in [-0.15, -0.1) is 6.58 Å². The monoisotopic (exact) mass is 383 g/mol. The molecule has 2 heterocycles. The van der Waals surface area contributed by atoms with Crippen molar-refractivity contribution in [2.45, 2.75) is 6.92 Å². The summed E-state index contributed by atoms with van der Waals surface area (Å²) in [7, 11) is 0. The number of benzene rings is 1. The van der Waals surface area contributed by atoms with Gasteiger partial charge in [-0.05, 0) is 43.0 Å². The zero-order chi connectivity index (χ0) is 19.4. The molecule has 0 aliphatic carbocycles. The van der Waals surface area contributed by atoms with Crippen LogP contribution in [0, 0.1) is 0 Å². The fourth-order valence-corrected chi connectivity index (χ4v) is 3.31. The summed E-state index contributed by atoms with van der Waals surface area (Å²) in [5.41, 5.74) is 1.24. The molecule has 3 rings (SSSR count). The van der Waals surface area contributed by atoms with Crippen LogP contribution < -0.4 is 0 Å². The molecular weight excluding hydrogens is 366 g/mol. The average Bonchev–Trinajstić information content (AvgIpc) is 3.23. The molecule has 2 aromatic rings. The van der Waals surface area contributed by atoms with E-state index in [2.05, 4.69) is 6.58 Å². The van der Waals surface area contributed by atoms with Gasteiger partial charge in [-0.3, -0.25) is 14.5 Å². The maximum atomic E-state index is 12.2. The lowest BCUT2D eigenvalue weighted by molar-refractivity contribution is -0.122. The van der Waals surface area contributed by atoms with E-state index in [4.69, 9.17) is 9.15 Å². The van der Waals surface area contributed by atoms with Gasteiger partial charge in [0, 0.05) is 18.2 Å². The standard InChI is InChI=1S/C20H17NO5S/c1-3-11-21-18(22)17(27-20(21)24)12-15-9-10-16(26-15)13-5-7-14(8-6-13)19(23)25-4-2/h3,5-10,12H,1,4,11H2,2H3/b17-12+. The average molecular weight is 383 g/mol. The van der Waals surface area contributed by atoms with E-state index in [0.29, 0.717) is 28.6 Å². The first-order valence-electron chi connectivity index (χ1n) is 8.27. The van der Waals surface area contributed by atoms with Crippen molar-refractivity contribution in [1.82, 2.24) is 4.90 Å². The van der Waals surface area contributed by atoms with E-state index in [-0.39, 0.29) is 23.7 Å². The Hall–Kier alpha value is -3.06. The summed E-state index contributed by atoms with van der Waals surface area (Å²) in [6.45, 7) is 5.80. The van der Waals surface area contributed by atoms with E-state index in [9.17, 15) is 14.4 Å². The van der Waals surface area contributed by atoms with Crippen LogP contribution in [0.1, 0.15) is 23.0 Å². The van der Waals surface area contributed by atoms with Crippen LogP contribution in [0.2, 0.25) is 0 Å². The quantitative estimate of drug-likeness (QED) is 0.419. The lowest BCUT2D eigenvalue weighted by atomic mass is 10.1. The van der Waals surface area contributed by atoms with E-state index in [1.807, 2.05) is 0 Å². The molecule has 0 spiro atoms. The van der Waals surface area contributed by atoms with Crippen molar-refractivity contribution in [3.8, 4) is 11.3 Å². The number of hydrogen-bond donors (Lipinski definition) is 0. The van der Waals surface area contributed by atoms with E-state index in [1.54, 1.807) is 49.4 Å². The maximum absolute atomic E-state index is 12.2. The molecule has 0 radical (unpaired) electrons. The van der Waals surface area contributed by atoms with E-state index in [1.165, 1.54) is 6.08 Å². The number of imide groups is 1. The Morgan fingerprint density at radius 2 is 1.96 bits per heavy atom. The van der Waals surface area contributed by atoms with Gasteiger partial charge in [0.1, 0.15) is 11.5 Å². The largest absolute Gasteiger partial charge is 0.462 e. The highest BCUT2D eigenvalue weighted by atomic mass is 32.2. The van der Waals surface area contributed by atoms with Crippen LogP contribution in [0.15, 0.2) is 58.4 Å². The summed E-state index contributed by atoms with van der Waals surface area (Å²) in [6, 6.07) is 10.3. The van der Waals surface area contributed by atoms with Crippen LogP contribution >= 0.6 is 11.8 Å². The number of rotatable bonds is 6. The van der Waals surface area contributed by atoms with Crippen LogP contribution in [0.5, 0.6) is 0 Å². The SMILES string of the molecule is C=CCN1C(=O)S/C(=C/c2ccc(-c3ccc(C(=O)OCC)cc3)o2)C1=O. The van der Waals surface area contributed by atoms with Crippen molar-refractivity contribution in [1.29, 1.82) is 0 Å². The first kappa shape index (κ1) is 18.7. The summed E-state index contributed by atoms with van der Waals surface area (Å²) < 4.78 is 10.7. The molecule has 6 nitrogen and oxygen atoms in total. The van der Waals surface area contributed by atoms with Gasteiger partial charge in [-0.2, -0.15) is 0 Å². The first-order chi connectivity index (χ1) is 13.0. The lowest BCUT2D eigenvalue weighted by Gasteiger charge is -2.07. The molecule has 0 N–H and O–H groups in total. The molecule has 138 valence electrons. The second kappa shape index (κ2) is 8.09. The van der Waals surface area contributed by atoms with E-state index < -0.39 is 0 Å². The normalized spacial score (nSPS) is 15.4. The third kappa shape index (κ3) is 4.03. The fraction of sp³-hybridized carbons (Fsp3) is 0.150. The third-order valence-electron chi connectivity index (χ3n) is 3.77. The summed E-state index contributed by atoms with van der Waals surface area (Å²) in [4.78, 5) is 37.2. The van der Waals surface area contributed by atoms with Crippen molar-refractivity contribution < 1.29 is 23.5 Å². The van der Waals surface area contributed by atoms with Gasteiger partial charge in [-0.25, -0.2) is 4.79 Å². The van der Waals surface area contributed by atoms with Gasteiger partial charge in [0.05, 0.1) is 17.1 Å². The van der Waals surface area contributed by atoms with Crippen LogP contribution in [0.25, 0.3) is 17.4 Å². The van der Waals surface area contributed by atoms with Crippen molar-refractivity contribution in [3.63, 3.8) is 0 Å². The third-order valence-corrected chi connectivity index (χ3v) is 4.67. The van der Waals surface area contributed by atoms with Gasteiger partial charge in [0.2, 0.25) is 0 Å². The summed E-state index contributed by atoms with van der Waals surface area (Å²) >= 11 is 0.871. The molecule has 27 heavy (non-hydrogen) atoms. The minimum absolute atomic E-state index is 0.179. The molecule has 1 saturated heterocycles. The molecular formula is C20H17NO5S. The molecule has 1 aliphatic heterocycles. The molecule has 1 aliphatic rings. The van der Waals surface area contributed by atoms with Crippen LogP contribution in [-0.4, -0.2) is 35.2 Å². The van der Waals surface area contributed by atoms with Crippen molar-refractivity contribution in [3.05, 3.63) is 65.3 Å². The molecule has 1 aromatic heterocycles. The van der Waals surface area contributed by atoms with Gasteiger partial charge >= 0.3 is 5.97 Å². The predicted molar refractivity (Wildman–Crippen MR) is 103 cm³/mol. The topological polar surface area (TPSA) is 76.8 Å². The highest BCUT2D eigenvalue weighted by Crippen LogP contribution is 2.33. The van der Waals surface area contributed by atoms with Gasteiger partial charge in [-0.1, -0.05) is 18.2 Å². The molecule has 1 fully saturated rings. The molecule has 7 heteroatoms. The van der Waals surface area contributed by atoms with E-state index in [0.717, 1.165) is 22.2 Å². The number of carbonyl (C=O) groups is 3. The molecule has 0 atom stereocenters. The Morgan fingerprint density at radius 1 is 1.22 bits per heavy atom. The predicted octanol–water partition coefficient (Wildman–Crippen LogP) is 4.35. The van der Waals surface area contributed by atoms with Crippen molar-refractivity contribution in [2.24, 2.45) is 0 Å². The lowest BCUT2D eigenvalue weighted by Crippen LogP contribution is -2.27. The number of ether oxygens (including phenoxy) is 1. The Bertz CT molecular complexity index is 926. The van der Waals surface area contributed by atoms with Gasteiger partial charge in [0.25, 0.3) is 11.1 Å². The number of hydrogen-bond acceptors (Lipinski definition) is 6.